The minimum Gasteiger partial charge on any atom is -0.345 e. The molecule has 1 fully saturated rings. The number of nitrogens with one attached hydrogen (secondary N) is 1. The number of rotatable bonds is 4. The lowest BCUT2D eigenvalue weighted by Gasteiger charge is -2.29. The number of hydrogen-bond donors (Lipinski definition) is 2. The topological polar surface area (TPSA) is 78.9 Å². The van der Waals surface area contributed by atoms with E-state index in [1.165, 1.54) is 0 Å². The van der Waals surface area contributed by atoms with Crippen molar-refractivity contribution in [1.29, 1.82) is 5.26 Å². The van der Waals surface area contributed by atoms with Crippen molar-refractivity contribution in [2.24, 2.45) is 11.7 Å². The summed E-state index contributed by atoms with van der Waals surface area (Å²) in [6, 6.07) is 8.65. The van der Waals surface area contributed by atoms with Gasteiger partial charge in [0, 0.05) is 12.1 Å². The highest BCUT2D eigenvalue weighted by molar-refractivity contribution is 5.94. The number of amides is 1. The Bertz CT molecular complexity index is 485. The molecule has 0 spiro atoms. The lowest BCUT2D eigenvalue weighted by Crippen LogP contribution is -2.53. The van der Waals surface area contributed by atoms with Crippen LogP contribution < -0.4 is 11.1 Å². The van der Waals surface area contributed by atoms with Crippen molar-refractivity contribution in [1.82, 2.24) is 5.32 Å². The molecule has 1 atom stereocenters. The Morgan fingerprint density at radius 2 is 2.11 bits per heavy atom. The number of hydrogen-bond acceptors (Lipinski definition) is 3. The van der Waals surface area contributed by atoms with Gasteiger partial charge in [-0.1, -0.05) is 0 Å². The van der Waals surface area contributed by atoms with Crippen molar-refractivity contribution in [3.05, 3.63) is 35.4 Å². The zero-order chi connectivity index (χ0) is 13.2. The fraction of sp³-hybridized carbons (Fsp3) is 0.429. The quantitative estimate of drug-likeness (QED) is 0.839. The molecular weight excluding hydrogens is 226 g/mol. The smallest absolute Gasteiger partial charge is 0.251 e. The van der Waals surface area contributed by atoms with E-state index in [2.05, 4.69) is 5.32 Å². The van der Waals surface area contributed by atoms with Gasteiger partial charge >= 0.3 is 0 Å². The molecule has 1 aliphatic carbocycles. The molecule has 4 nitrogen and oxygen atoms in total. The van der Waals surface area contributed by atoms with E-state index in [1.54, 1.807) is 24.3 Å². The van der Waals surface area contributed by atoms with Crippen molar-refractivity contribution in [3.8, 4) is 6.07 Å². The van der Waals surface area contributed by atoms with Crippen LogP contribution in [-0.4, -0.2) is 18.0 Å². The van der Waals surface area contributed by atoms with Crippen LogP contribution in [0.25, 0.3) is 0 Å². The third-order valence-corrected chi connectivity index (χ3v) is 3.58. The molecule has 1 unspecified atom stereocenters. The molecule has 94 valence electrons. The maximum Gasteiger partial charge on any atom is 0.251 e. The highest BCUT2D eigenvalue weighted by Crippen LogP contribution is 2.39. The van der Waals surface area contributed by atoms with Crippen LogP contribution in [0.5, 0.6) is 0 Å². The molecule has 3 N–H and O–H groups in total. The van der Waals surface area contributed by atoms with Gasteiger partial charge < -0.3 is 11.1 Å². The summed E-state index contributed by atoms with van der Waals surface area (Å²) in [4.78, 5) is 12.1. The minimum atomic E-state index is -0.315. The molecule has 18 heavy (non-hydrogen) atoms. The largest absolute Gasteiger partial charge is 0.345 e. The molecule has 0 radical (unpaired) electrons. The average Bonchev–Trinajstić information content (AvgIpc) is 3.23. The Balaban J connectivity index is 2.09. The molecule has 0 aliphatic heterocycles. The normalized spacial score (nSPS) is 17.6. The summed E-state index contributed by atoms with van der Waals surface area (Å²) in [5, 5.41) is 11.7. The van der Waals surface area contributed by atoms with Gasteiger partial charge in [0.2, 0.25) is 0 Å². The Morgan fingerprint density at radius 1 is 1.50 bits per heavy atom. The Labute approximate surface area is 107 Å². The van der Waals surface area contributed by atoms with Crippen molar-refractivity contribution >= 4 is 5.91 Å². The zero-order valence-electron chi connectivity index (χ0n) is 10.4. The first-order chi connectivity index (χ1) is 8.59. The van der Waals surface area contributed by atoms with Crippen LogP contribution in [0.1, 0.15) is 35.7 Å². The number of nitrogens with two attached hydrogens (primary N) is 1. The maximum atomic E-state index is 12.1. The van der Waals surface area contributed by atoms with Gasteiger partial charge in [-0.05, 0) is 49.9 Å². The molecule has 2 rings (SSSR count). The van der Waals surface area contributed by atoms with Crippen molar-refractivity contribution in [2.75, 3.05) is 6.54 Å². The molecule has 1 aliphatic rings. The highest BCUT2D eigenvalue weighted by Gasteiger charge is 2.41. The minimum absolute atomic E-state index is 0.126. The van der Waals surface area contributed by atoms with Crippen LogP contribution in [0, 0.1) is 17.2 Å². The summed E-state index contributed by atoms with van der Waals surface area (Å²) >= 11 is 0. The lowest BCUT2D eigenvalue weighted by atomic mass is 9.95. The third-order valence-electron chi connectivity index (χ3n) is 3.58. The number of carbonyl (C=O) groups excluding carboxylic acids is 1. The van der Waals surface area contributed by atoms with Gasteiger partial charge in [0.05, 0.1) is 17.2 Å². The second-order valence-corrected chi connectivity index (χ2v) is 5.04. The SMILES string of the molecule is CC(CN)(NC(=O)c1ccc(C#N)cc1)C1CC1. The van der Waals surface area contributed by atoms with Gasteiger partial charge in [-0.3, -0.25) is 4.79 Å². The van der Waals surface area contributed by atoms with E-state index in [-0.39, 0.29) is 11.4 Å². The van der Waals surface area contributed by atoms with Crippen LogP contribution >= 0.6 is 0 Å². The van der Waals surface area contributed by atoms with E-state index in [4.69, 9.17) is 11.0 Å². The molecule has 1 aromatic carbocycles. The van der Waals surface area contributed by atoms with Crippen molar-refractivity contribution in [2.45, 2.75) is 25.3 Å². The average molecular weight is 243 g/mol. The summed E-state index contributed by atoms with van der Waals surface area (Å²) in [5.41, 5.74) is 6.56. The molecule has 0 saturated heterocycles. The zero-order valence-corrected chi connectivity index (χ0v) is 10.4. The second kappa shape index (κ2) is 4.79. The molecule has 4 heteroatoms. The maximum absolute atomic E-state index is 12.1. The van der Waals surface area contributed by atoms with Gasteiger partial charge in [0.25, 0.3) is 5.91 Å². The fourth-order valence-electron chi connectivity index (χ4n) is 2.07. The van der Waals surface area contributed by atoms with E-state index < -0.39 is 0 Å². The van der Waals surface area contributed by atoms with E-state index >= 15 is 0 Å². The van der Waals surface area contributed by atoms with Gasteiger partial charge in [0.1, 0.15) is 0 Å². The Kier molecular flexibility index (Phi) is 3.35. The van der Waals surface area contributed by atoms with Gasteiger partial charge in [-0.15, -0.1) is 0 Å². The predicted octanol–water partition coefficient (Wildman–Crippen LogP) is 1.42. The van der Waals surface area contributed by atoms with Gasteiger partial charge in [0.15, 0.2) is 0 Å². The van der Waals surface area contributed by atoms with Crippen molar-refractivity contribution < 1.29 is 4.79 Å². The second-order valence-electron chi connectivity index (χ2n) is 5.04. The van der Waals surface area contributed by atoms with Gasteiger partial charge in [-0.2, -0.15) is 5.26 Å². The van der Waals surface area contributed by atoms with Crippen LogP contribution in [-0.2, 0) is 0 Å². The van der Waals surface area contributed by atoms with Crippen molar-refractivity contribution in [3.63, 3.8) is 0 Å². The highest BCUT2D eigenvalue weighted by atomic mass is 16.1. The number of nitrogens with zero attached hydrogens (tertiary/aromatic N) is 1. The van der Waals surface area contributed by atoms with E-state index in [0.29, 0.717) is 23.6 Å². The Morgan fingerprint density at radius 3 is 2.56 bits per heavy atom. The van der Waals surface area contributed by atoms with Crippen LogP contribution in [0.2, 0.25) is 0 Å². The van der Waals surface area contributed by atoms with Crippen LogP contribution in [0.3, 0.4) is 0 Å². The predicted molar refractivity (Wildman–Crippen MR) is 68.8 cm³/mol. The summed E-state index contributed by atoms with van der Waals surface area (Å²) in [7, 11) is 0. The summed E-state index contributed by atoms with van der Waals surface area (Å²) in [5.74, 6) is 0.365. The first-order valence-corrected chi connectivity index (χ1v) is 6.12. The monoisotopic (exact) mass is 243 g/mol. The fourth-order valence-corrected chi connectivity index (χ4v) is 2.07. The number of carbonyl (C=O) groups is 1. The number of benzene rings is 1. The van der Waals surface area contributed by atoms with E-state index in [1.807, 2.05) is 13.0 Å². The van der Waals surface area contributed by atoms with Crippen LogP contribution in [0.15, 0.2) is 24.3 Å². The van der Waals surface area contributed by atoms with Crippen LogP contribution in [0.4, 0.5) is 0 Å². The first-order valence-electron chi connectivity index (χ1n) is 6.12. The molecule has 0 aromatic heterocycles. The molecule has 1 aromatic rings. The standard InChI is InChI=1S/C14H17N3O/c1-14(9-16,12-6-7-12)17-13(18)11-4-2-10(8-15)3-5-11/h2-5,12H,6-7,9,16H2,1H3,(H,17,18). The molecule has 0 bridgehead atoms. The van der Waals surface area contributed by atoms with E-state index in [0.717, 1.165) is 12.8 Å². The summed E-state index contributed by atoms with van der Waals surface area (Å²) in [6.07, 6.45) is 2.25. The molecule has 1 amide bonds. The van der Waals surface area contributed by atoms with E-state index in [9.17, 15) is 4.79 Å². The number of nitriles is 1. The molecule has 1 saturated carbocycles. The van der Waals surface area contributed by atoms with Gasteiger partial charge in [-0.25, -0.2) is 0 Å². The first kappa shape index (κ1) is 12.6. The Hall–Kier alpha value is -1.86. The molecular formula is C14H17N3O. The lowest BCUT2D eigenvalue weighted by molar-refractivity contribution is 0.0898. The summed E-state index contributed by atoms with van der Waals surface area (Å²) in [6.45, 7) is 2.44. The summed E-state index contributed by atoms with van der Waals surface area (Å²) < 4.78 is 0. The molecule has 0 heterocycles. The third kappa shape index (κ3) is 2.52.